The number of nitrogens with zero attached hydrogens (tertiary/aromatic N) is 3. The van der Waals surface area contributed by atoms with Crippen molar-refractivity contribution in [1.29, 1.82) is 0 Å². The SMILES string of the molecule is O=C(O)C(=O)O.O=[N+]([O-])[O-].O=[N+]([O-])[O-].O=[N+]([O-])[O-].[La+3]. The van der Waals surface area contributed by atoms with E-state index in [1.54, 1.807) is 0 Å². The van der Waals surface area contributed by atoms with Gasteiger partial charge in [-0.25, -0.2) is 9.59 Å². The third kappa shape index (κ3) is 986. The van der Waals surface area contributed by atoms with E-state index in [2.05, 4.69) is 0 Å². The van der Waals surface area contributed by atoms with Gasteiger partial charge in [0.05, 0.1) is 15.3 Å². The first-order chi connectivity index (χ1) is 7.84. The van der Waals surface area contributed by atoms with Crippen molar-refractivity contribution in [3.63, 3.8) is 0 Å². The third-order valence-electron chi connectivity index (χ3n) is 0.183. The molecule has 0 amide bonds. The van der Waals surface area contributed by atoms with Gasteiger partial charge in [-0.1, -0.05) is 0 Å². The molecule has 19 heavy (non-hydrogen) atoms. The van der Waals surface area contributed by atoms with Crippen LogP contribution in [-0.2, 0) is 9.59 Å². The summed E-state index contributed by atoms with van der Waals surface area (Å²) >= 11 is 0. The molecule has 0 aromatic carbocycles. The zero-order valence-corrected chi connectivity index (χ0v) is 11.9. The number of carboxylic acids is 2. The smallest absolute Gasteiger partial charge is 0.473 e. The third-order valence-corrected chi connectivity index (χ3v) is 0.183. The van der Waals surface area contributed by atoms with Crippen molar-refractivity contribution in [3.05, 3.63) is 46.0 Å². The minimum atomic E-state index is -1.82. The first-order valence-electron chi connectivity index (χ1n) is 2.75. The molecule has 106 valence electrons. The molecule has 0 heterocycles. The molecule has 2 N–H and O–H groups in total. The Morgan fingerprint density at radius 3 is 0.684 bits per heavy atom. The predicted molar refractivity (Wildman–Crippen MR) is 46.4 cm³/mol. The summed E-state index contributed by atoms with van der Waals surface area (Å²) in [6.45, 7) is 0. The predicted octanol–water partition coefficient (Wildman–Crippen LogP) is -1.56. The molecule has 0 aromatic heterocycles. The largest absolute Gasteiger partial charge is 3.00 e. The molecule has 0 fully saturated rings. The van der Waals surface area contributed by atoms with Gasteiger partial charge in [-0.2, -0.15) is 0 Å². The van der Waals surface area contributed by atoms with E-state index in [4.69, 9.17) is 65.8 Å². The van der Waals surface area contributed by atoms with Crippen molar-refractivity contribution in [1.82, 2.24) is 0 Å². The Kier molecular flexibility index (Phi) is 33.4. The molecule has 0 radical (unpaired) electrons. The number of hydrogen-bond donors (Lipinski definition) is 2. The molecular formula is C2H2LaN3O13. The minimum Gasteiger partial charge on any atom is -0.473 e. The zero-order valence-electron chi connectivity index (χ0n) is 8.30. The molecule has 0 aromatic rings. The van der Waals surface area contributed by atoms with Gasteiger partial charge in [-0.15, -0.1) is 0 Å². The van der Waals surface area contributed by atoms with Gasteiger partial charge in [0.1, 0.15) is 0 Å². The average Bonchev–Trinajstić information content (AvgIpc) is 1.99. The fraction of sp³-hybridized carbons (Fsp3) is 0. The van der Waals surface area contributed by atoms with E-state index in [-0.39, 0.29) is 35.6 Å². The Balaban J connectivity index is -0.0000000459. The summed E-state index contributed by atoms with van der Waals surface area (Å²) in [6.07, 6.45) is 0. The van der Waals surface area contributed by atoms with E-state index < -0.39 is 27.2 Å². The van der Waals surface area contributed by atoms with E-state index >= 15 is 0 Å². The van der Waals surface area contributed by atoms with E-state index in [9.17, 15) is 0 Å². The minimum absolute atomic E-state index is 0. The van der Waals surface area contributed by atoms with Crippen molar-refractivity contribution in [2.24, 2.45) is 0 Å². The summed E-state index contributed by atoms with van der Waals surface area (Å²) in [7, 11) is 0. The summed E-state index contributed by atoms with van der Waals surface area (Å²) in [6, 6.07) is 0. The van der Waals surface area contributed by atoms with Gasteiger partial charge in [-0.3, -0.25) is 0 Å². The van der Waals surface area contributed by atoms with Gasteiger partial charge < -0.3 is 56.2 Å². The van der Waals surface area contributed by atoms with Crippen molar-refractivity contribution in [2.45, 2.75) is 0 Å². The Labute approximate surface area is 128 Å². The summed E-state index contributed by atoms with van der Waals surface area (Å²) in [5.74, 6) is -3.65. The van der Waals surface area contributed by atoms with E-state index in [0.29, 0.717) is 0 Å². The molecule has 16 nitrogen and oxygen atoms in total. The number of rotatable bonds is 0. The number of carbonyl (C=O) groups is 2. The van der Waals surface area contributed by atoms with E-state index in [1.165, 1.54) is 0 Å². The second-order valence-corrected chi connectivity index (χ2v) is 1.28. The van der Waals surface area contributed by atoms with Crippen LogP contribution in [0.3, 0.4) is 0 Å². The molecule has 0 aliphatic carbocycles. The zero-order chi connectivity index (χ0) is 15.9. The Morgan fingerprint density at radius 1 is 0.632 bits per heavy atom. The monoisotopic (exact) mass is 415 g/mol. The topological polar surface area (TPSA) is 273 Å². The number of hydrogen-bond acceptors (Lipinski definition) is 11. The molecule has 0 atom stereocenters. The van der Waals surface area contributed by atoms with Crippen LogP contribution in [0.25, 0.3) is 0 Å². The van der Waals surface area contributed by atoms with Crippen LogP contribution in [0.4, 0.5) is 0 Å². The number of aliphatic carboxylic acids is 2. The molecule has 0 saturated carbocycles. The molecule has 0 rings (SSSR count). The molecule has 0 aliphatic heterocycles. The summed E-state index contributed by atoms with van der Waals surface area (Å²) in [5, 5.41) is 59.0. The summed E-state index contributed by atoms with van der Waals surface area (Å²) in [4.78, 5) is 42.9. The first-order valence-corrected chi connectivity index (χ1v) is 2.75. The maximum absolute atomic E-state index is 9.10. The Morgan fingerprint density at radius 2 is 0.684 bits per heavy atom. The summed E-state index contributed by atoms with van der Waals surface area (Å²) < 4.78 is 0. The fourth-order valence-corrected chi connectivity index (χ4v) is 0. The normalized spacial score (nSPS) is 6.11. The molecule has 0 unspecified atom stereocenters. The Hall–Kier alpha value is -2.27. The van der Waals surface area contributed by atoms with Crippen LogP contribution in [-0.4, -0.2) is 37.4 Å². The molecule has 0 aliphatic rings. The maximum atomic E-state index is 9.10. The van der Waals surface area contributed by atoms with Gasteiger partial charge in [0.2, 0.25) is 0 Å². The van der Waals surface area contributed by atoms with E-state index in [1.807, 2.05) is 0 Å². The molecule has 17 heteroatoms. The van der Waals surface area contributed by atoms with E-state index in [0.717, 1.165) is 0 Å². The van der Waals surface area contributed by atoms with Crippen LogP contribution in [0, 0.1) is 81.6 Å². The maximum Gasteiger partial charge on any atom is 3.00 e. The second-order valence-electron chi connectivity index (χ2n) is 1.28. The van der Waals surface area contributed by atoms with Gasteiger partial charge in [0.25, 0.3) is 0 Å². The van der Waals surface area contributed by atoms with Gasteiger partial charge in [0.15, 0.2) is 0 Å². The van der Waals surface area contributed by atoms with Crippen LogP contribution >= 0.6 is 0 Å². The van der Waals surface area contributed by atoms with Gasteiger partial charge in [-0.05, 0) is 0 Å². The van der Waals surface area contributed by atoms with Crippen molar-refractivity contribution >= 4 is 11.9 Å². The van der Waals surface area contributed by atoms with Crippen LogP contribution in [0.1, 0.15) is 0 Å². The van der Waals surface area contributed by atoms with Crippen molar-refractivity contribution < 1.29 is 70.7 Å². The first kappa shape index (κ1) is 30.1. The summed E-state index contributed by atoms with van der Waals surface area (Å²) in [5.41, 5.74) is 0. The van der Waals surface area contributed by atoms with Crippen LogP contribution in [0.5, 0.6) is 0 Å². The van der Waals surface area contributed by atoms with Crippen molar-refractivity contribution in [3.8, 4) is 0 Å². The average molecular weight is 415 g/mol. The molecule has 0 saturated heterocycles. The molecular weight excluding hydrogens is 413 g/mol. The van der Waals surface area contributed by atoms with Crippen LogP contribution in [0.15, 0.2) is 0 Å². The van der Waals surface area contributed by atoms with Crippen LogP contribution in [0.2, 0.25) is 0 Å². The second kappa shape index (κ2) is 21.1. The quantitative estimate of drug-likeness (QED) is 0.257. The standard InChI is InChI=1S/C2H2O4.La.3NO3/c3-1(4)2(5)6;;3*2-1(3)4/h(H,3,4)(H,5,6);;;;/q;+3;3*-1. The number of carboxylic acid groups (broad SMARTS) is 2. The fourth-order valence-electron chi connectivity index (χ4n) is 0. The van der Waals surface area contributed by atoms with Crippen molar-refractivity contribution in [2.75, 3.05) is 0 Å². The van der Waals surface area contributed by atoms with Gasteiger partial charge >= 0.3 is 47.5 Å². The molecule has 0 bridgehead atoms. The molecule has 0 spiro atoms. The van der Waals surface area contributed by atoms with Gasteiger partial charge in [0, 0.05) is 0 Å². The van der Waals surface area contributed by atoms with Crippen LogP contribution < -0.4 is 0 Å². The Bertz CT molecular complexity index is 248.